The minimum atomic E-state index is -5.12. The fourth-order valence-electron chi connectivity index (χ4n) is 6.45. The van der Waals surface area contributed by atoms with Gasteiger partial charge in [0.2, 0.25) is 0 Å². The summed E-state index contributed by atoms with van der Waals surface area (Å²) in [5.74, 6) is -1.13. The van der Waals surface area contributed by atoms with E-state index in [1.54, 1.807) is 0 Å². The molecule has 1 saturated carbocycles. The van der Waals surface area contributed by atoms with Crippen molar-refractivity contribution in [3.63, 3.8) is 0 Å². The summed E-state index contributed by atoms with van der Waals surface area (Å²) < 4.78 is 33.4. The van der Waals surface area contributed by atoms with Gasteiger partial charge >= 0.3 is 19.8 Å². The summed E-state index contributed by atoms with van der Waals surface area (Å²) in [6, 6.07) is 0. The molecule has 14 heteroatoms. The standard InChI is InChI=1S/C42H77O13P/c1-3-5-7-9-11-13-15-17-19-21-23-25-27-29-31-36(44)54-34(33-53-56(50,51)55-42-40(48)38(46)37(45)39(47)41(42)49)32-52-35(43)30-28-26-24-22-20-18-16-14-12-10-8-6-4-2/h15,17-18,20,34,37-42,45-49H,3-14,16,19,21-33H2,1-2H3,(H,50,51)/b17-15+,20-18+/t34-,37?,38-,39?,40?,41?,42?/m1/s1. The van der Waals surface area contributed by atoms with Gasteiger partial charge in [-0.2, -0.15) is 0 Å². The van der Waals surface area contributed by atoms with Gasteiger partial charge < -0.3 is 39.9 Å². The first-order chi connectivity index (χ1) is 26.9. The third kappa shape index (κ3) is 25.6. The van der Waals surface area contributed by atoms with Crippen molar-refractivity contribution < 1.29 is 63.1 Å². The van der Waals surface area contributed by atoms with Gasteiger partial charge in [-0.25, -0.2) is 4.57 Å². The van der Waals surface area contributed by atoms with Crippen molar-refractivity contribution in [2.45, 2.75) is 217 Å². The summed E-state index contributed by atoms with van der Waals surface area (Å²) in [6.07, 6.45) is 21.0. The van der Waals surface area contributed by atoms with Crippen molar-refractivity contribution in [2.24, 2.45) is 0 Å². The minimum absolute atomic E-state index is 0.0850. The Labute approximate surface area is 336 Å². The molecule has 0 aromatic heterocycles. The van der Waals surface area contributed by atoms with Crippen molar-refractivity contribution in [1.29, 1.82) is 0 Å². The van der Waals surface area contributed by atoms with E-state index in [4.69, 9.17) is 18.5 Å². The van der Waals surface area contributed by atoms with E-state index in [1.165, 1.54) is 70.6 Å². The second-order valence-electron chi connectivity index (χ2n) is 15.2. The fraction of sp³-hybridized carbons (Fsp3) is 0.857. The number of allylic oxidation sites excluding steroid dienone is 4. The molecule has 0 amide bonds. The Morgan fingerprint density at radius 1 is 0.536 bits per heavy atom. The van der Waals surface area contributed by atoms with Crippen molar-refractivity contribution >= 4 is 19.8 Å². The number of phosphoric acid groups is 1. The number of aliphatic hydroxyl groups excluding tert-OH is 5. The second kappa shape index (κ2) is 33.2. The first kappa shape index (κ1) is 52.3. The molecule has 1 aliphatic carbocycles. The van der Waals surface area contributed by atoms with E-state index in [2.05, 4.69) is 38.2 Å². The average Bonchev–Trinajstić information content (AvgIpc) is 3.18. The highest BCUT2D eigenvalue weighted by atomic mass is 31.2. The number of carbonyl (C=O) groups excluding carboxylic acids is 2. The molecule has 6 N–H and O–H groups in total. The molecule has 0 aromatic rings. The van der Waals surface area contributed by atoms with Gasteiger partial charge in [-0.05, 0) is 64.2 Å². The quantitative estimate of drug-likeness (QED) is 0.0157. The molecule has 328 valence electrons. The number of ether oxygens (including phenoxy) is 2. The monoisotopic (exact) mass is 821 g/mol. The van der Waals surface area contributed by atoms with Crippen LogP contribution in [-0.4, -0.2) is 98.3 Å². The Balaban J connectivity index is 2.51. The van der Waals surface area contributed by atoms with Crippen LogP contribution >= 0.6 is 7.82 Å². The topological polar surface area (TPSA) is 210 Å². The van der Waals surface area contributed by atoms with Gasteiger partial charge in [0.05, 0.1) is 6.61 Å². The third-order valence-corrected chi connectivity index (χ3v) is 11.0. The maximum atomic E-state index is 12.8. The number of phosphoric ester groups is 1. The zero-order valence-electron chi connectivity index (χ0n) is 34.4. The van der Waals surface area contributed by atoms with Gasteiger partial charge in [0, 0.05) is 12.8 Å². The second-order valence-corrected chi connectivity index (χ2v) is 16.6. The highest BCUT2D eigenvalue weighted by Crippen LogP contribution is 2.47. The Kier molecular flexibility index (Phi) is 31.0. The van der Waals surface area contributed by atoms with E-state index >= 15 is 0 Å². The molecule has 0 aromatic carbocycles. The summed E-state index contributed by atoms with van der Waals surface area (Å²) in [6.45, 7) is 3.24. The first-order valence-corrected chi connectivity index (χ1v) is 23.1. The van der Waals surface area contributed by atoms with Crippen molar-refractivity contribution in [1.82, 2.24) is 0 Å². The molecule has 0 spiro atoms. The number of hydrogen-bond acceptors (Lipinski definition) is 12. The lowest BCUT2D eigenvalue weighted by Gasteiger charge is -2.41. The van der Waals surface area contributed by atoms with Crippen LogP contribution in [0.1, 0.15) is 174 Å². The van der Waals surface area contributed by atoms with Crippen molar-refractivity contribution in [3.8, 4) is 0 Å². The molecule has 0 heterocycles. The van der Waals surface area contributed by atoms with Gasteiger partial charge in [-0.3, -0.25) is 18.6 Å². The molecule has 0 radical (unpaired) electrons. The Bertz CT molecular complexity index is 1090. The molecule has 56 heavy (non-hydrogen) atoms. The molecule has 8 atom stereocenters. The third-order valence-electron chi connectivity index (χ3n) is 10.0. The van der Waals surface area contributed by atoms with E-state index in [9.17, 15) is 44.6 Å². The van der Waals surface area contributed by atoms with Crippen LogP contribution in [0, 0.1) is 0 Å². The molecule has 1 rings (SSSR count). The lowest BCUT2D eigenvalue weighted by molar-refractivity contribution is -0.220. The fourth-order valence-corrected chi connectivity index (χ4v) is 7.42. The van der Waals surface area contributed by atoms with Crippen LogP contribution in [0.2, 0.25) is 0 Å². The number of esters is 2. The largest absolute Gasteiger partial charge is 0.472 e. The zero-order valence-corrected chi connectivity index (χ0v) is 35.3. The minimum Gasteiger partial charge on any atom is -0.462 e. The van der Waals surface area contributed by atoms with Gasteiger partial charge in [0.25, 0.3) is 0 Å². The van der Waals surface area contributed by atoms with Crippen LogP contribution in [-0.2, 0) is 32.7 Å². The molecule has 1 fully saturated rings. The average molecular weight is 821 g/mol. The number of rotatable bonds is 35. The van der Waals surface area contributed by atoms with Gasteiger partial charge in [0.15, 0.2) is 6.10 Å². The van der Waals surface area contributed by atoms with Crippen LogP contribution in [0.5, 0.6) is 0 Å². The van der Waals surface area contributed by atoms with Crippen LogP contribution in [0.3, 0.4) is 0 Å². The molecule has 0 saturated heterocycles. The molecule has 1 aliphatic rings. The van der Waals surface area contributed by atoms with Crippen LogP contribution in [0.25, 0.3) is 0 Å². The first-order valence-electron chi connectivity index (χ1n) is 21.6. The smallest absolute Gasteiger partial charge is 0.462 e. The van der Waals surface area contributed by atoms with Gasteiger partial charge in [-0.1, -0.05) is 122 Å². The highest BCUT2D eigenvalue weighted by Gasteiger charge is 2.51. The summed E-state index contributed by atoms with van der Waals surface area (Å²) in [5, 5.41) is 50.0. The lowest BCUT2D eigenvalue weighted by atomic mass is 9.85. The molecule has 6 unspecified atom stereocenters. The van der Waals surface area contributed by atoms with Gasteiger partial charge in [0.1, 0.15) is 43.2 Å². The Morgan fingerprint density at radius 2 is 0.911 bits per heavy atom. The summed E-state index contributed by atoms with van der Waals surface area (Å²) in [7, 11) is -5.12. The van der Waals surface area contributed by atoms with Crippen molar-refractivity contribution in [2.75, 3.05) is 13.2 Å². The summed E-state index contributed by atoms with van der Waals surface area (Å²) in [5.41, 5.74) is 0. The Hall–Kier alpha value is -1.67. The summed E-state index contributed by atoms with van der Waals surface area (Å²) in [4.78, 5) is 35.6. The maximum absolute atomic E-state index is 12.8. The van der Waals surface area contributed by atoms with E-state index in [0.717, 1.165) is 64.2 Å². The lowest BCUT2D eigenvalue weighted by Crippen LogP contribution is -2.64. The predicted molar refractivity (Wildman–Crippen MR) is 217 cm³/mol. The number of hydrogen-bond donors (Lipinski definition) is 6. The maximum Gasteiger partial charge on any atom is 0.472 e. The van der Waals surface area contributed by atoms with Crippen molar-refractivity contribution in [3.05, 3.63) is 24.3 Å². The Morgan fingerprint density at radius 3 is 1.38 bits per heavy atom. The number of aliphatic hydroxyl groups is 5. The molecular weight excluding hydrogens is 743 g/mol. The van der Waals surface area contributed by atoms with E-state index in [0.29, 0.717) is 12.8 Å². The van der Waals surface area contributed by atoms with Gasteiger partial charge in [-0.15, -0.1) is 0 Å². The zero-order chi connectivity index (χ0) is 41.4. The van der Waals surface area contributed by atoms with E-state index in [-0.39, 0.29) is 12.8 Å². The highest BCUT2D eigenvalue weighted by molar-refractivity contribution is 7.47. The molecular formula is C42H77O13P. The van der Waals surface area contributed by atoms with Crippen LogP contribution in [0.4, 0.5) is 0 Å². The van der Waals surface area contributed by atoms with Crippen LogP contribution in [0.15, 0.2) is 24.3 Å². The normalized spacial score (nSPS) is 23.1. The molecule has 0 bridgehead atoms. The van der Waals surface area contributed by atoms with E-state index in [1.807, 2.05) is 0 Å². The van der Waals surface area contributed by atoms with E-state index < -0.39 is 75.7 Å². The predicted octanol–water partition coefficient (Wildman–Crippen LogP) is 7.67. The number of carbonyl (C=O) groups is 2. The SMILES string of the molecule is CCCCCCC/C=C/CCCCCCCC(=O)O[C@H](COC(=O)CCCCC/C=C/CCCCCCCC)COP(=O)(O)OC1C(O)C(O)C(O)[C@@H](O)C1O. The van der Waals surface area contributed by atoms with Crippen LogP contribution < -0.4 is 0 Å². The molecule has 0 aliphatic heterocycles. The molecule has 13 nitrogen and oxygen atoms in total. The summed E-state index contributed by atoms with van der Waals surface area (Å²) >= 11 is 0. The number of unbranched alkanes of at least 4 members (excludes halogenated alkanes) is 19.